The normalized spacial score (nSPS) is 18.2. The summed E-state index contributed by atoms with van der Waals surface area (Å²) in [4.78, 5) is 5.94. The van der Waals surface area contributed by atoms with Gasteiger partial charge in [0.25, 0.3) is 0 Å². The van der Waals surface area contributed by atoms with Gasteiger partial charge < -0.3 is 5.32 Å². The van der Waals surface area contributed by atoms with E-state index in [4.69, 9.17) is 0 Å². The first kappa shape index (κ1) is 10.1. The van der Waals surface area contributed by atoms with Gasteiger partial charge in [0.1, 0.15) is 6.04 Å². The average molecular weight is 248 g/mol. The predicted molar refractivity (Wildman–Crippen MR) is 72.1 cm³/mol. The van der Waals surface area contributed by atoms with E-state index in [1.165, 1.54) is 26.6 Å². The minimum atomic E-state index is 0.196. The fourth-order valence-electron chi connectivity index (χ4n) is 1.90. The van der Waals surface area contributed by atoms with E-state index in [0.717, 1.165) is 0 Å². The molecule has 1 N–H and O–H groups in total. The van der Waals surface area contributed by atoms with E-state index in [0.29, 0.717) is 0 Å². The van der Waals surface area contributed by atoms with Gasteiger partial charge in [-0.05, 0) is 41.8 Å². The van der Waals surface area contributed by atoms with Crippen LogP contribution in [0.5, 0.6) is 0 Å². The molecule has 0 bridgehead atoms. The molecule has 16 heavy (non-hydrogen) atoms. The highest BCUT2D eigenvalue weighted by Crippen LogP contribution is 2.41. The largest absolute Gasteiger partial charge is 0.338 e. The Labute approximate surface area is 103 Å². The van der Waals surface area contributed by atoms with Crippen molar-refractivity contribution in [3.05, 3.63) is 38.4 Å². The van der Waals surface area contributed by atoms with Gasteiger partial charge in [0.2, 0.25) is 0 Å². The van der Waals surface area contributed by atoms with E-state index in [2.05, 4.69) is 41.0 Å². The molecule has 3 rings (SSSR count). The molecule has 1 unspecified atom stereocenters. The number of aliphatic imine (C=N–C) groups is 1. The molecule has 0 fully saturated rings. The van der Waals surface area contributed by atoms with Gasteiger partial charge in [-0.2, -0.15) is 0 Å². The van der Waals surface area contributed by atoms with E-state index in [1.54, 1.807) is 11.3 Å². The quantitative estimate of drug-likeness (QED) is 0.811. The molecule has 0 aliphatic carbocycles. The van der Waals surface area contributed by atoms with Crippen LogP contribution in [0.15, 0.2) is 21.8 Å². The average Bonchev–Trinajstić information content (AvgIpc) is 2.87. The summed E-state index contributed by atoms with van der Waals surface area (Å²) >= 11 is 3.55. The third-order valence-corrected chi connectivity index (χ3v) is 5.10. The summed E-state index contributed by atoms with van der Waals surface area (Å²) in [5.74, 6) is 0. The molecule has 1 aliphatic heterocycles. The second-order valence-corrected chi connectivity index (χ2v) is 5.77. The summed E-state index contributed by atoms with van der Waals surface area (Å²) in [6.45, 7) is 4.35. The maximum atomic E-state index is 4.57. The molecular weight excluding hydrogens is 236 g/mol. The molecule has 0 aromatic carbocycles. The number of anilines is 1. The smallest absolute Gasteiger partial charge is 0.114 e. The first-order valence-corrected chi connectivity index (χ1v) is 6.93. The lowest BCUT2D eigenvalue weighted by Crippen LogP contribution is -2.08. The summed E-state index contributed by atoms with van der Waals surface area (Å²) in [5.41, 5.74) is 4.05. The topological polar surface area (TPSA) is 24.4 Å². The highest BCUT2D eigenvalue weighted by molar-refractivity contribution is 7.14. The maximum Gasteiger partial charge on any atom is 0.114 e. The van der Waals surface area contributed by atoms with Crippen LogP contribution in [-0.2, 0) is 0 Å². The molecular formula is C12H12N2S2. The summed E-state index contributed by atoms with van der Waals surface area (Å²) in [5, 5.41) is 8.76. The molecule has 1 aliphatic rings. The summed E-state index contributed by atoms with van der Waals surface area (Å²) < 4.78 is 0. The standard InChI is InChI=1S/C12H12N2S2/c1-7-5-16-11(8(7)2)10-9-3-4-15-12(9)14-6-13-10/h3-6,10H,1-2H3,(H,13,14). The van der Waals surface area contributed by atoms with Crippen molar-refractivity contribution in [1.29, 1.82) is 0 Å². The Morgan fingerprint density at radius 2 is 2.19 bits per heavy atom. The van der Waals surface area contributed by atoms with Gasteiger partial charge >= 0.3 is 0 Å². The lowest BCUT2D eigenvalue weighted by atomic mass is 10.0. The second kappa shape index (κ2) is 3.71. The van der Waals surface area contributed by atoms with Gasteiger partial charge in [-0.25, -0.2) is 0 Å². The summed E-state index contributed by atoms with van der Waals surface area (Å²) in [7, 11) is 0. The van der Waals surface area contributed by atoms with Crippen LogP contribution in [0.1, 0.15) is 27.6 Å². The van der Waals surface area contributed by atoms with E-state index in [-0.39, 0.29) is 6.04 Å². The van der Waals surface area contributed by atoms with Crippen molar-refractivity contribution < 1.29 is 0 Å². The van der Waals surface area contributed by atoms with Crippen LogP contribution in [0.25, 0.3) is 0 Å². The van der Waals surface area contributed by atoms with Crippen LogP contribution in [0.2, 0.25) is 0 Å². The van der Waals surface area contributed by atoms with Crippen LogP contribution in [0, 0.1) is 13.8 Å². The first-order chi connectivity index (χ1) is 7.77. The molecule has 4 heteroatoms. The molecule has 82 valence electrons. The van der Waals surface area contributed by atoms with Crippen molar-refractivity contribution in [3.8, 4) is 0 Å². The molecule has 2 aromatic heterocycles. The highest BCUT2D eigenvalue weighted by atomic mass is 32.1. The molecule has 3 heterocycles. The molecule has 0 spiro atoms. The number of nitrogens with zero attached hydrogens (tertiary/aromatic N) is 1. The molecule has 0 amide bonds. The SMILES string of the molecule is Cc1csc(C2N=CNc3sccc32)c1C. The number of nitrogens with one attached hydrogen (secondary N) is 1. The molecule has 2 aromatic rings. The third kappa shape index (κ3) is 1.41. The Morgan fingerprint density at radius 3 is 2.94 bits per heavy atom. The van der Waals surface area contributed by atoms with Crippen molar-refractivity contribution in [3.63, 3.8) is 0 Å². The lowest BCUT2D eigenvalue weighted by molar-refractivity contribution is 0.888. The number of fused-ring (bicyclic) bond motifs is 1. The summed E-state index contributed by atoms with van der Waals surface area (Å²) in [6.07, 6.45) is 1.82. The Morgan fingerprint density at radius 1 is 1.31 bits per heavy atom. The Balaban J connectivity index is 2.11. The van der Waals surface area contributed by atoms with Gasteiger partial charge in [-0.1, -0.05) is 0 Å². The van der Waals surface area contributed by atoms with Crippen molar-refractivity contribution in [2.24, 2.45) is 4.99 Å². The maximum absolute atomic E-state index is 4.57. The van der Waals surface area contributed by atoms with E-state index in [1.807, 2.05) is 17.7 Å². The zero-order chi connectivity index (χ0) is 11.1. The third-order valence-electron chi connectivity index (χ3n) is 2.98. The fourth-order valence-corrected chi connectivity index (χ4v) is 3.83. The van der Waals surface area contributed by atoms with Gasteiger partial charge in [-0.15, -0.1) is 22.7 Å². The number of hydrogen-bond donors (Lipinski definition) is 1. The number of thiophene rings is 2. The van der Waals surface area contributed by atoms with Crippen molar-refractivity contribution in [1.82, 2.24) is 0 Å². The Kier molecular flexibility index (Phi) is 2.33. The number of rotatable bonds is 1. The number of aryl methyl sites for hydroxylation is 1. The fraction of sp³-hybridized carbons (Fsp3) is 0.250. The van der Waals surface area contributed by atoms with Gasteiger partial charge in [0.15, 0.2) is 0 Å². The monoisotopic (exact) mass is 248 g/mol. The molecule has 2 nitrogen and oxygen atoms in total. The molecule has 0 saturated carbocycles. The highest BCUT2D eigenvalue weighted by Gasteiger charge is 2.23. The van der Waals surface area contributed by atoms with Crippen LogP contribution in [0.4, 0.5) is 5.00 Å². The van der Waals surface area contributed by atoms with Crippen LogP contribution in [0.3, 0.4) is 0 Å². The number of hydrogen-bond acceptors (Lipinski definition) is 4. The van der Waals surface area contributed by atoms with E-state index >= 15 is 0 Å². The molecule has 0 saturated heterocycles. The predicted octanol–water partition coefficient (Wildman–Crippen LogP) is 3.97. The second-order valence-electron chi connectivity index (χ2n) is 3.94. The molecule has 1 atom stereocenters. The first-order valence-electron chi connectivity index (χ1n) is 5.17. The van der Waals surface area contributed by atoms with E-state index < -0.39 is 0 Å². The van der Waals surface area contributed by atoms with Gasteiger partial charge in [-0.3, -0.25) is 4.99 Å². The van der Waals surface area contributed by atoms with E-state index in [9.17, 15) is 0 Å². The van der Waals surface area contributed by atoms with Gasteiger partial charge in [0.05, 0.1) is 11.3 Å². The lowest BCUT2D eigenvalue weighted by Gasteiger charge is -2.17. The minimum Gasteiger partial charge on any atom is -0.338 e. The summed E-state index contributed by atoms with van der Waals surface area (Å²) in [6, 6.07) is 2.36. The van der Waals surface area contributed by atoms with Crippen molar-refractivity contribution >= 4 is 34.0 Å². The Bertz CT molecular complexity index is 551. The van der Waals surface area contributed by atoms with Gasteiger partial charge in [0, 0.05) is 10.4 Å². The minimum absolute atomic E-state index is 0.196. The Hall–Kier alpha value is -1.13. The van der Waals surface area contributed by atoms with Crippen LogP contribution < -0.4 is 5.32 Å². The van der Waals surface area contributed by atoms with Crippen molar-refractivity contribution in [2.75, 3.05) is 5.32 Å². The van der Waals surface area contributed by atoms with Crippen LogP contribution in [-0.4, -0.2) is 6.34 Å². The zero-order valence-corrected chi connectivity index (χ0v) is 10.8. The molecule has 0 radical (unpaired) electrons. The zero-order valence-electron chi connectivity index (χ0n) is 9.15. The van der Waals surface area contributed by atoms with Crippen LogP contribution >= 0.6 is 22.7 Å². The van der Waals surface area contributed by atoms with Crippen molar-refractivity contribution in [2.45, 2.75) is 19.9 Å².